The van der Waals surface area contributed by atoms with Gasteiger partial charge in [-0.2, -0.15) is 0 Å². The fourth-order valence-corrected chi connectivity index (χ4v) is 0. The Hall–Kier alpha value is 0.357. The molecular formula is C4H11ClLiNO. The van der Waals surface area contributed by atoms with Crippen LogP contribution in [0.15, 0.2) is 0 Å². The van der Waals surface area contributed by atoms with Gasteiger partial charge in [-0.1, -0.05) is 13.8 Å². The molecule has 0 aliphatic carbocycles. The summed E-state index contributed by atoms with van der Waals surface area (Å²) in [6, 6.07) is 0. The van der Waals surface area contributed by atoms with Crippen molar-refractivity contribution in [2.24, 2.45) is 11.7 Å². The summed E-state index contributed by atoms with van der Waals surface area (Å²) >= 11 is 0. The first-order valence-corrected chi connectivity index (χ1v) is 1.94. The van der Waals surface area contributed by atoms with Gasteiger partial charge < -0.3 is 7.16 Å². The summed E-state index contributed by atoms with van der Waals surface area (Å²) in [4.78, 5) is 9.92. The van der Waals surface area contributed by atoms with E-state index < -0.39 is 0 Å². The van der Waals surface area contributed by atoms with Crippen LogP contribution in [0.25, 0.3) is 0 Å². The van der Waals surface area contributed by atoms with Crippen LogP contribution in [-0.2, 0) is 4.79 Å². The summed E-state index contributed by atoms with van der Waals surface area (Å²) in [7, 11) is 0. The van der Waals surface area contributed by atoms with Gasteiger partial charge in [0.05, 0.1) is 0 Å². The predicted molar refractivity (Wildman–Crippen MR) is 32.4 cm³/mol. The number of nitrogens with two attached hydrogens (primary N) is 1. The Morgan fingerprint density at radius 1 is 1.62 bits per heavy atom. The number of halogens is 1. The number of rotatable bonds is 1. The van der Waals surface area contributed by atoms with Gasteiger partial charge in [-0.3, -0.25) is 4.79 Å². The van der Waals surface area contributed by atoms with Crippen LogP contribution in [0.3, 0.4) is 0 Å². The van der Waals surface area contributed by atoms with E-state index in [-0.39, 0.29) is 44.5 Å². The summed E-state index contributed by atoms with van der Waals surface area (Å²) in [6.45, 7) is 3.53. The van der Waals surface area contributed by atoms with Crippen LogP contribution < -0.4 is 24.6 Å². The molecule has 0 aromatic heterocycles. The van der Waals surface area contributed by atoms with Gasteiger partial charge in [0.25, 0.3) is 0 Å². The molecule has 0 spiro atoms. The molecule has 0 fully saturated rings. The maximum absolute atomic E-state index is 9.92. The van der Waals surface area contributed by atoms with Crippen LogP contribution in [0.4, 0.5) is 0 Å². The molecule has 0 aliphatic heterocycles. The van der Waals surface area contributed by atoms with Gasteiger partial charge in [-0.05, 0) is 0 Å². The molecule has 0 radical (unpaired) electrons. The Bertz CT molecular complexity index is 71.6. The largest absolute Gasteiger partial charge is 1.00 e. The van der Waals surface area contributed by atoms with E-state index in [1.165, 1.54) is 0 Å². The van der Waals surface area contributed by atoms with Crippen molar-refractivity contribution < 1.29 is 25.1 Å². The van der Waals surface area contributed by atoms with Crippen molar-refractivity contribution in [1.29, 1.82) is 0 Å². The normalized spacial score (nSPS) is 6.88. The summed E-state index contributed by atoms with van der Waals surface area (Å²) in [5, 5.41) is 0. The van der Waals surface area contributed by atoms with Gasteiger partial charge in [0, 0.05) is 5.92 Å². The fourth-order valence-electron chi connectivity index (χ4n) is 0. The molecule has 46 valence electrons. The second-order valence-corrected chi connectivity index (χ2v) is 1.56. The van der Waals surface area contributed by atoms with Crippen molar-refractivity contribution in [1.82, 2.24) is 0 Å². The number of hydrogen-bond donors (Lipinski definition) is 1. The first kappa shape index (κ1) is 15.8. The molecule has 4 heteroatoms. The van der Waals surface area contributed by atoms with Crippen molar-refractivity contribution in [3.8, 4) is 0 Å². The molecule has 2 N–H and O–H groups in total. The Balaban J connectivity index is -0.0000000417. The van der Waals surface area contributed by atoms with Crippen molar-refractivity contribution in [3.05, 3.63) is 0 Å². The second-order valence-electron chi connectivity index (χ2n) is 1.56. The Morgan fingerprint density at radius 3 is 1.75 bits per heavy atom. The monoisotopic (exact) mass is 131 g/mol. The summed E-state index contributed by atoms with van der Waals surface area (Å²) < 4.78 is 0. The third-order valence-corrected chi connectivity index (χ3v) is 0.569. The molecule has 8 heavy (non-hydrogen) atoms. The minimum Gasteiger partial charge on any atom is -1.00 e. The van der Waals surface area contributed by atoms with Crippen molar-refractivity contribution in [2.75, 3.05) is 0 Å². The molecule has 0 heterocycles. The molecule has 0 aromatic rings. The van der Waals surface area contributed by atoms with Gasteiger partial charge in [-0.15, -0.1) is 12.4 Å². The standard InChI is InChI=1S/C4H9NO.ClH.Li.H/c1-3(2)4(5)6;;;/h3H,1-2H3,(H2,5,6);1H;;/q;;+1;-1. The average Bonchev–Trinajstić information content (AvgIpc) is 1.36. The molecule has 1 amide bonds. The summed E-state index contributed by atoms with van der Waals surface area (Å²) in [5.41, 5.74) is 4.80. The quantitative estimate of drug-likeness (QED) is 0.399. The molecular weight excluding hydrogens is 120 g/mol. The maximum Gasteiger partial charge on any atom is 1.00 e. The zero-order valence-corrected chi connectivity index (χ0v) is 6.29. The van der Waals surface area contributed by atoms with Crippen LogP contribution in [0.5, 0.6) is 0 Å². The molecule has 0 bridgehead atoms. The third-order valence-electron chi connectivity index (χ3n) is 0.569. The SMILES string of the molecule is CC(C)C(N)=O.Cl.[H-].[Li+]. The topological polar surface area (TPSA) is 43.1 Å². The van der Waals surface area contributed by atoms with E-state index in [9.17, 15) is 4.79 Å². The predicted octanol–water partition coefficient (Wildman–Crippen LogP) is -2.33. The number of carbonyl (C=O) groups excluding carboxylic acids is 1. The molecule has 0 rings (SSSR count). The van der Waals surface area contributed by atoms with Gasteiger partial charge >= 0.3 is 18.9 Å². The van der Waals surface area contributed by atoms with E-state index in [0.29, 0.717) is 0 Å². The summed E-state index contributed by atoms with van der Waals surface area (Å²) in [6.07, 6.45) is 0. The van der Waals surface area contributed by atoms with Gasteiger partial charge in [-0.25, -0.2) is 0 Å². The van der Waals surface area contributed by atoms with Gasteiger partial charge in [0.15, 0.2) is 0 Å². The summed E-state index contributed by atoms with van der Waals surface area (Å²) in [5.74, 6) is -0.250. The molecule has 2 nitrogen and oxygen atoms in total. The van der Waals surface area contributed by atoms with E-state index in [4.69, 9.17) is 5.73 Å². The molecule has 0 aromatic carbocycles. The number of primary amides is 1. The van der Waals surface area contributed by atoms with Crippen molar-refractivity contribution in [3.63, 3.8) is 0 Å². The molecule has 0 aliphatic rings. The van der Waals surface area contributed by atoms with E-state index in [0.717, 1.165) is 0 Å². The number of amides is 1. The minimum absolute atomic E-state index is 0. The Morgan fingerprint density at radius 2 is 1.75 bits per heavy atom. The second kappa shape index (κ2) is 7.36. The molecule has 0 saturated heterocycles. The van der Waals surface area contributed by atoms with Gasteiger partial charge in [0.1, 0.15) is 0 Å². The zero-order valence-electron chi connectivity index (χ0n) is 6.47. The first-order valence-electron chi connectivity index (χ1n) is 1.94. The maximum atomic E-state index is 9.92. The van der Waals surface area contributed by atoms with Crippen LogP contribution in [0.2, 0.25) is 0 Å². The van der Waals surface area contributed by atoms with Crippen molar-refractivity contribution in [2.45, 2.75) is 13.8 Å². The van der Waals surface area contributed by atoms with E-state index >= 15 is 0 Å². The minimum atomic E-state index is -0.241. The molecule has 0 saturated carbocycles. The van der Waals surface area contributed by atoms with Crippen LogP contribution in [-0.4, -0.2) is 5.91 Å². The van der Waals surface area contributed by atoms with E-state index in [1.54, 1.807) is 13.8 Å². The molecule has 0 atom stereocenters. The Labute approximate surface area is 69.3 Å². The van der Waals surface area contributed by atoms with E-state index in [2.05, 4.69) is 0 Å². The van der Waals surface area contributed by atoms with Crippen molar-refractivity contribution >= 4 is 18.3 Å². The van der Waals surface area contributed by atoms with Crippen LogP contribution >= 0.6 is 12.4 Å². The first-order chi connectivity index (χ1) is 2.64. The zero-order chi connectivity index (χ0) is 5.15. The Kier molecular flexibility index (Phi) is 14.5. The molecule has 0 unspecified atom stereocenters. The smallest absolute Gasteiger partial charge is 1.00 e. The van der Waals surface area contributed by atoms with Crippen LogP contribution in [0, 0.1) is 5.92 Å². The van der Waals surface area contributed by atoms with Crippen LogP contribution in [0.1, 0.15) is 15.3 Å². The van der Waals surface area contributed by atoms with E-state index in [1.807, 2.05) is 0 Å². The van der Waals surface area contributed by atoms with Gasteiger partial charge in [0.2, 0.25) is 5.91 Å². The third kappa shape index (κ3) is 9.61. The fraction of sp³-hybridized carbons (Fsp3) is 0.750. The number of carbonyl (C=O) groups is 1. The average molecular weight is 132 g/mol. The number of hydrogen-bond acceptors (Lipinski definition) is 1.